The van der Waals surface area contributed by atoms with Gasteiger partial charge in [0.15, 0.2) is 0 Å². The van der Waals surface area contributed by atoms with Crippen molar-refractivity contribution in [2.45, 2.75) is 209 Å². The van der Waals surface area contributed by atoms with E-state index in [0.29, 0.717) is 148 Å². The van der Waals surface area contributed by atoms with E-state index in [2.05, 4.69) is 5.32 Å². The minimum absolute atomic E-state index is 0. The predicted molar refractivity (Wildman–Crippen MR) is 425 cm³/mol. The number of benzene rings is 1. The molecule has 0 aliphatic carbocycles. The van der Waals surface area contributed by atoms with Crippen LogP contribution in [0.4, 0.5) is 38.4 Å². The van der Waals surface area contributed by atoms with Crippen molar-refractivity contribution in [3.05, 3.63) is 35.9 Å². The molecule has 1 aromatic carbocycles. The number of ether oxygens (including phenoxy) is 1. The minimum Gasteiger partial charge on any atom is -0.443 e. The highest BCUT2D eigenvalue weighted by atomic mass is 35.5. The van der Waals surface area contributed by atoms with Crippen LogP contribution in [0.2, 0.25) is 0 Å². The number of nitrogens with zero attached hydrogens (tertiary/aromatic N) is 23. The SMILES string of the molecule is Cl.O=C(OCc1ccccc1)N1CCCN1C(=O)[C@@H]1CCCN1C(=O)N1CCCN1C(=O)[C@@H]1CCCN1C(=O)N1CCCN1C(=O)[C@@H]1CCCN1C(=O)N1CCCN1C(=O)[C@@H]1CCCN1C(=O)N1CCCN1C(=O)[C@@H]1CCCN1C(=O)N1CCCN1C(=O)[C@@H]1CCCN1C(=O)N1CCCN1C(=O)[C@@H]1CCCN1C(=O)N1CCCN1C(=O)[C@@H]1CCCN1. The number of amides is 23. The highest BCUT2D eigenvalue weighted by Crippen LogP contribution is 2.37. The zero-order valence-corrected chi connectivity index (χ0v) is 69.6. The molecular weight excluding hydrogens is 1590 g/mol. The van der Waals surface area contributed by atoms with E-state index in [1.54, 1.807) is 0 Å². The van der Waals surface area contributed by atoms with Gasteiger partial charge in [0, 0.05) is 151 Å². The number of carbonyl (C=O) groups excluding carboxylic acids is 16. The number of hydrogen-bond acceptors (Lipinski definition) is 18. The third-order valence-electron chi connectivity index (χ3n) is 27.1. The molecular formula is C79H113ClN24O17. The van der Waals surface area contributed by atoms with Crippen LogP contribution in [0.5, 0.6) is 0 Å². The lowest BCUT2D eigenvalue weighted by Crippen LogP contribution is -2.62. The van der Waals surface area contributed by atoms with Gasteiger partial charge in [-0.05, 0) is 166 Å². The Labute approximate surface area is 708 Å². The highest BCUT2D eigenvalue weighted by Gasteiger charge is 2.55. The Bertz CT molecular complexity index is 4160. The van der Waals surface area contributed by atoms with E-state index in [1.165, 1.54) is 114 Å². The summed E-state index contributed by atoms with van der Waals surface area (Å²) in [6, 6.07) is -1.63. The van der Waals surface area contributed by atoms with Crippen LogP contribution in [0, 0.1) is 0 Å². The fraction of sp³-hybridized carbons (Fsp3) is 0.722. The molecule has 16 fully saturated rings. The molecule has 17 rings (SSSR count). The molecule has 0 radical (unpaired) electrons. The van der Waals surface area contributed by atoms with Crippen molar-refractivity contribution in [3.63, 3.8) is 0 Å². The lowest BCUT2D eigenvalue weighted by atomic mass is 10.2. The normalized spacial score (nSPS) is 27.0. The van der Waals surface area contributed by atoms with Crippen LogP contribution in [0.1, 0.15) is 160 Å². The molecule has 0 aromatic heterocycles. The summed E-state index contributed by atoms with van der Waals surface area (Å²) < 4.78 is 5.58. The molecule has 1 N–H and O–H groups in total. The quantitative estimate of drug-likeness (QED) is 0.351. The summed E-state index contributed by atoms with van der Waals surface area (Å²) in [7, 11) is 0. The standard InChI is InChI=1S/C79H112N24O17.ClH/c104-64(56-22-4-30-80-56)88-38-12-46-96(88)72(112)81-31-5-23-57(81)65(105)89-39-13-47-97(89)73(113)82-32-6-24-58(82)66(106)90-40-14-48-98(90)74(114)83-33-7-25-59(83)67(107)91-41-15-49-99(91)75(115)84-34-8-26-60(84)68(108)92-42-16-50-100(92)76(116)85-35-9-27-61(85)69(109)93-43-17-51-101(93)77(117)86-36-10-28-62(86)70(110)94-44-18-52-102(94)78(118)87-37-11-29-63(87)71(111)95-45-19-53-103(95)79(119)120-54-55-20-2-1-3-21-55;/h1-3,20-21,56-63,80H,4-19,22-54H2;1H/t56-,57-,58-,59-,60-,61-,62-,63-;/m0./s1. The van der Waals surface area contributed by atoms with Crippen LogP contribution in [-0.2, 0) is 49.7 Å². The average Bonchev–Trinajstić information content (AvgIpc) is 1.63. The Hall–Kier alpha value is -10.6. The Kier molecular flexibility index (Phi) is 24.9. The number of rotatable bonds is 10. The van der Waals surface area contributed by atoms with E-state index in [9.17, 15) is 67.1 Å². The van der Waals surface area contributed by atoms with E-state index in [4.69, 9.17) is 4.74 Å². The van der Waals surface area contributed by atoms with Gasteiger partial charge in [0.25, 0.3) is 47.3 Å². The summed E-state index contributed by atoms with van der Waals surface area (Å²) in [5, 5.41) is 25.2. The molecule has 16 aliphatic heterocycles. The van der Waals surface area contributed by atoms with Crippen LogP contribution in [-0.4, -0.2) is 415 Å². The largest absolute Gasteiger partial charge is 0.443 e. The first-order valence-corrected chi connectivity index (χ1v) is 44.1. The van der Waals surface area contributed by atoms with E-state index < -0.39 is 132 Å². The van der Waals surface area contributed by atoms with Gasteiger partial charge >= 0.3 is 48.3 Å². The van der Waals surface area contributed by atoms with Gasteiger partial charge in [-0.2, -0.15) is 0 Å². The molecule has 0 bridgehead atoms. The molecule has 42 heteroatoms. The molecule has 121 heavy (non-hydrogen) atoms. The van der Waals surface area contributed by atoms with E-state index in [1.807, 2.05) is 30.3 Å². The zero-order valence-electron chi connectivity index (χ0n) is 68.8. The third kappa shape index (κ3) is 15.7. The fourth-order valence-corrected chi connectivity index (χ4v) is 21.2. The first-order chi connectivity index (χ1) is 58.3. The molecule has 16 heterocycles. The smallest absolute Gasteiger partial charge is 0.429 e. The summed E-state index contributed by atoms with van der Waals surface area (Å²) in [4.78, 5) is 244. The Morgan fingerprint density at radius 1 is 0.240 bits per heavy atom. The number of nitrogens with one attached hydrogen (secondary N) is 1. The maximum Gasteiger partial charge on any atom is 0.429 e. The second-order valence-electron chi connectivity index (χ2n) is 34.1. The second-order valence-corrected chi connectivity index (χ2v) is 34.1. The molecule has 16 aliphatic rings. The lowest BCUT2D eigenvalue weighted by Gasteiger charge is -2.40. The molecule has 0 saturated carbocycles. The molecule has 1 aromatic rings. The Morgan fingerprint density at radius 3 is 0.669 bits per heavy atom. The molecule has 41 nitrogen and oxygen atoms in total. The molecule has 0 unspecified atom stereocenters. The first kappa shape index (κ1) is 84.0. The number of carbonyl (C=O) groups is 16. The van der Waals surface area contributed by atoms with E-state index in [-0.39, 0.29) is 181 Å². The van der Waals surface area contributed by atoms with Crippen molar-refractivity contribution in [1.29, 1.82) is 0 Å². The second kappa shape index (κ2) is 35.8. The van der Waals surface area contributed by atoms with Crippen LogP contribution in [0.3, 0.4) is 0 Å². The predicted octanol–water partition coefficient (Wildman–Crippen LogP) is 2.18. The molecule has 16 saturated heterocycles. The van der Waals surface area contributed by atoms with Gasteiger partial charge in [0.05, 0.1) is 6.04 Å². The van der Waals surface area contributed by atoms with Gasteiger partial charge in [0.1, 0.15) is 48.9 Å². The van der Waals surface area contributed by atoms with Gasteiger partial charge in [0.2, 0.25) is 0 Å². The molecule has 8 atom stereocenters. The first-order valence-electron chi connectivity index (χ1n) is 44.1. The fourth-order valence-electron chi connectivity index (χ4n) is 21.2. The summed E-state index contributed by atoms with van der Waals surface area (Å²) in [5.74, 6) is -3.37. The summed E-state index contributed by atoms with van der Waals surface area (Å²) >= 11 is 0. The topological polar surface area (TPSA) is 369 Å². The highest BCUT2D eigenvalue weighted by molar-refractivity contribution is 5.98. The van der Waals surface area contributed by atoms with Gasteiger partial charge in [-0.15, -0.1) is 12.4 Å². The maximum absolute atomic E-state index is 15.0. The van der Waals surface area contributed by atoms with Gasteiger partial charge < -0.3 is 44.4 Å². The number of likely N-dealkylation sites (tertiary alicyclic amines) is 7. The van der Waals surface area contributed by atoms with E-state index in [0.717, 1.165) is 18.5 Å². The summed E-state index contributed by atoms with van der Waals surface area (Å²) in [6.07, 6.45) is 10.2. The summed E-state index contributed by atoms with van der Waals surface area (Å²) in [6.45, 7) is 5.68. The summed E-state index contributed by atoms with van der Waals surface area (Å²) in [5.41, 5.74) is 0.792. The number of hydrogen-bond donors (Lipinski definition) is 1. The third-order valence-corrected chi connectivity index (χ3v) is 27.1. The van der Waals surface area contributed by atoms with Crippen LogP contribution in [0.25, 0.3) is 0 Å². The van der Waals surface area contributed by atoms with Crippen molar-refractivity contribution in [1.82, 2.24) is 120 Å². The molecule has 0 spiro atoms. The molecule has 658 valence electrons. The van der Waals surface area contributed by atoms with Gasteiger partial charge in [-0.1, -0.05) is 30.3 Å². The van der Waals surface area contributed by atoms with Gasteiger partial charge in [-0.25, -0.2) is 118 Å². The maximum atomic E-state index is 15.0. The van der Waals surface area contributed by atoms with Crippen molar-refractivity contribution < 1.29 is 81.4 Å². The number of hydrazine groups is 8. The number of halogens is 1. The van der Waals surface area contributed by atoms with Crippen molar-refractivity contribution in [2.24, 2.45) is 0 Å². The minimum atomic E-state index is -1.01. The Morgan fingerprint density at radius 2 is 0.446 bits per heavy atom. The van der Waals surface area contributed by atoms with Crippen LogP contribution in [0.15, 0.2) is 30.3 Å². The van der Waals surface area contributed by atoms with Crippen molar-refractivity contribution in [3.8, 4) is 0 Å². The lowest BCUT2D eigenvalue weighted by molar-refractivity contribution is -0.149. The van der Waals surface area contributed by atoms with Crippen LogP contribution >= 0.6 is 12.4 Å². The Balaban J connectivity index is 0.0000109. The molecule has 23 amide bonds. The van der Waals surface area contributed by atoms with Gasteiger partial charge in [-0.3, -0.25) is 38.4 Å². The monoisotopic (exact) mass is 1700 g/mol. The number of urea groups is 7. The van der Waals surface area contributed by atoms with Crippen molar-refractivity contribution >= 4 is 108 Å². The van der Waals surface area contributed by atoms with Crippen molar-refractivity contribution in [2.75, 3.05) is 157 Å². The average molecular weight is 1710 g/mol. The van der Waals surface area contributed by atoms with Crippen LogP contribution < -0.4 is 5.32 Å². The van der Waals surface area contributed by atoms with E-state index >= 15 is 9.59 Å². The zero-order chi connectivity index (χ0) is 83.3.